The number of allylic oxidation sites excluding steroid dienone is 2. The summed E-state index contributed by atoms with van der Waals surface area (Å²) in [4.78, 5) is 83.4. The van der Waals surface area contributed by atoms with Crippen molar-refractivity contribution in [2.24, 2.45) is 27.6 Å². The second-order valence-electron chi connectivity index (χ2n) is 52.2. The summed E-state index contributed by atoms with van der Waals surface area (Å²) in [6, 6.07) is 2.57. The van der Waals surface area contributed by atoms with E-state index in [2.05, 4.69) is 317 Å². The third kappa shape index (κ3) is 65.6. The molecular formula is C114H228N18O9S. The quantitative estimate of drug-likeness (QED) is 0.0303. The van der Waals surface area contributed by atoms with E-state index < -0.39 is 0 Å². The summed E-state index contributed by atoms with van der Waals surface area (Å²) in [7, 11) is 10.0. The van der Waals surface area contributed by atoms with Crippen LogP contribution in [0.5, 0.6) is 0 Å². The van der Waals surface area contributed by atoms with Crippen molar-refractivity contribution in [2.75, 3.05) is 310 Å². The molecule has 10 rings (SSSR count). The SMILES string of the molecule is CC(C)(C)C/C=C/CN1CCOCC1.CC(C)(C)CCN[C@H]1CCOC1.CC(C)(C)N1CCC(N2CCOCC2)CC1.CCOC(=O)CN1CCN(C(C)(C)C)CC1.CN(C)C(=O)CN(C)C1CCN(C(C)(C)C)CC1.CN1CCN(C(=O)C2CCN(C(C)(C)C)CC2)CC1.CN1CCN(C/C=C/CC(C)(C)C)CC1.CSCCOC(=O)CNCCC(C)(C)C.[C-]#[N+]C(C)(C)CNC1CCN(C(C)(C)C)CC1. The molecule has 0 saturated carbocycles. The smallest absolute Gasteiger partial charge is 0.320 e. The molecule has 10 aliphatic rings. The molecule has 0 spiro atoms. The number of nitrogens with zero attached hydrogens (tertiary/aromatic N) is 15. The Kier molecular flexibility index (Phi) is 64.8. The average Bonchev–Trinajstić information content (AvgIpc) is 0.987. The van der Waals surface area contributed by atoms with E-state index in [9.17, 15) is 19.2 Å². The molecule has 2 amide bonds. The van der Waals surface area contributed by atoms with Gasteiger partial charge in [0.05, 0.1) is 65.8 Å². The highest BCUT2D eigenvalue weighted by Gasteiger charge is 2.37. The molecule has 0 aromatic heterocycles. The minimum atomic E-state index is -0.263. The number of esters is 2. The van der Waals surface area contributed by atoms with Crippen molar-refractivity contribution in [3.8, 4) is 0 Å². The fourth-order valence-corrected chi connectivity index (χ4v) is 18.2. The summed E-state index contributed by atoms with van der Waals surface area (Å²) in [5.41, 5.74) is 2.72. The lowest BCUT2D eigenvalue weighted by molar-refractivity contribution is -0.145. The normalized spacial score (nSPS) is 21.0. The van der Waals surface area contributed by atoms with E-state index in [0.717, 1.165) is 227 Å². The third-order valence-electron chi connectivity index (χ3n) is 28.4. The minimum Gasteiger partial charge on any atom is -0.465 e. The molecule has 1 atom stereocenters. The number of likely N-dealkylation sites (tertiary alicyclic amines) is 4. The largest absolute Gasteiger partial charge is 0.465 e. The number of ether oxygens (including phenoxy) is 5. The molecule has 28 heteroatoms. The predicted molar refractivity (Wildman–Crippen MR) is 603 cm³/mol. The number of piperazine rings is 3. The van der Waals surface area contributed by atoms with Crippen LogP contribution in [0.4, 0.5) is 0 Å². The maximum atomic E-state index is 12.5. The van der Waals surface area contributed by atoms with E-state index in [1.165, 1.54) is 97.3 Å². The van der Waals surface area contributed by atoms with Crippen molar-refractivity contribution in [3.05, 3.63) is 35.7 Å². The topological polar surface area (TPSA) is 200 Å². The van der Waals surface area contributed by atoms with Crippen molar-refractivity contribution < 1.29 is 42.9 Å². The molecule has 3 N–H and O–H groups in total. The van der Waals surface area contributed by atoms with Crippen LogP contribution in [0.25, 0.3) is 4.85 Å². The van der Waals surface area contributed by atoms with E-state index >= 15 is 0 Å². The second kappa shape index (κ2) is 68.4. The average molecular weight is 2030 g/mol. The molecule has 0 bridgehead atoms. The van der Waals surface area contributed by atoms with Crippen molar-refractivity contribution >= 4 is 35.5 Å². The Balaban J connectivity index is 0.000000541. The molecule has 10 saturated heterocycles. The van der Waals surface area contributed by atoms with Gasteiger partial charge >= 0.3 is 11.9 Å². The molecule has 142 heavy (non-hydrogen) atoms. The van der Waals surface area contributed by atoms with Gasteiger partial charge in [-0.15, -0.1) is 0 Å². The maximum Gasteiger partial charge on any atom is 0.320 e. The molecule has 10 fully saturated rings. The number of rotatable bonds is 27. The summed E-state index contributed by atoms with van der Waals surface area (Å²) in [5.74, 6) is 1.47. The first-order valence-corrected chi connectivity index (χ1v) is 56.9. The van der Waals surface area contributed by atoms with Gasteiger partial charge in [-0.2, -0.15) is 11.8 Å². The van der Waals surface area contributed by atoms with Gasteiger partial charge in [-0.25, -0.2) is 6.57 Å². The standard InChI is InChI=1S/C15H29N3O.C14H29N3O.C14H27N3.C13H26N2O.C13H26N2.C12H24N2O2.C12H23NO.C11H23NO2S.C10H21NO/c1-15(2,3)18-7-5-13(6-8-18)14(19)17-11-9-16(4)10-12-17;1-14(2,3)17-9-7-12(8-10-17)16(6)11-13(18)15(4)5;1-13(2,3)17-9-7-12(8-10-17)16-11-14(4,5)15-6;1-13(2,3)15-6-4-12(5-7-15)14-8-10-16-11-9-14;1-13(2,3)7-5-6-8-15-11-9-14(4)10-12-15;1-5-16-11(15)10-13-6-8-14(9-7-13)12(2,3)4;1-12(2,3)6-4-5-7-13-8-10-14-11-9-13;1-11(2,3)5-6-12-9-10(13)14-7-8-15-4;1-10(2,3)5-6-11-9-4-7-12-8-9/h13H,5-12H2,1-4H3;12H,7-11H2,1-6H3;12,16H,7-11H2,1-5H3;12H,4-11H2,1-3H3;5-6H,7-12H2,1-4H3;5-10H2,1-4H3;4-5H,6-11H2,1-3H3;12H,5-9H2,1-4H3;9,11H,4-8H2,1-3H3/b;;;;6-5+;;5-4+;;/t;;;;;;;;9-/m........0/s1. The van der Waals surface area contributed by atoms with Crippen LogP contribution in [-0.4, -0.2) is 459 Å². The van der Waals surface area contributed by atoms with Gasteiger partial charge in [0.1, 0.15) is 6.61 Å². The van der Waals surface area contributed by atoms with E-state index in [4.69, 9.17) is 30.3 Å². The molecule has 27 nitrogen and oxygen atoms in total. The van der Waals surface area contributed by atoms with Crippen LogP contribution in [0, 0.1) is 34.2 Å². The Labute approximate surface area is 879 Å². The molecular weight excluding hydrogens is 1800 g/mol. The van der Waals surface area contributed by atoms with Crippen LogP contribution >= 0.6 is 11.8 Å². The van der Waals surface area contributed by atoms with Gasteiger partial charge < -0.3 is 64.1 Å². The number of amides is 2. The summed E-state index contributed by atoms with van der Waals surface area (Å²) in [6.45, 7) is 113. The number of nitrogens with one attached hydrogen (secondary N) is 3. The Bertz CT molecular complexity index is 3360. The van der Waals surface area contributed by atoms with Crippen LogP contribution in [-0.2, 0) is 42.9 Å². The fraction of sp³-hybridized carbons (Fsp3) is 0.921. The van der Waals surface area contributed by atoms with Gasteiger partial charge in [-0.3, -0.25) is 68.2 Å². The number of likely N-dealkylation sites (N-methyl/N-ethyl adjacent to an activating group) is 4. The van der Waals surface area contributed by atoms with E-state index in [-0.39, 0.29) is 45.9 Å². The zero-order chi connectivity index (χ0) is 107. The van der Waals surface area contributed by atoms with Crippen LogP contribution in [0.2, 0.25) is 0 Å². The van der Waals surface area contributed by atoms with Crippen LogP contribution in [0.3, 0.4) is 0 Å². The summed E-state index contributed by atoms with van der Waals surface area (Å²) in [5, 5.41) is 10.1. The number of thioether (sulfide) groups is 1. The first-order valence-electron chi connectivity index (χ1n) is 55.5. The van der Waals surface area contributed by atoms with Crippen molar-refractivity contribution in [3.63, 3.8) is 0 Å². The van der Waals surface area contributed by atoms with Crippen LogP contribution in [0.1, 0.15) is 291 Å². The zero-order valence-corrected chi connectivity index (χ0v) is 100.0. The molecule has 0 aromatic rings. The first kappa shape index (κ1) is 135. The third-order valence-corrected chi connectivity index (χ3v) is 29.0. The highest BCUT2D eigenvalue weighted by molar-refractivity contribution is 7.98. The molecule has 10 aliphatic heterocycles. The van der Waals surface area contributed by atoms with Gasteiger partial charge in [-0.1, -0.05) is 107 Å². The lowest BCUT2D eigenvalue weighted by atomic mass is 9.92. The van der Waals surface area contributed by atoms with Gasteiger partial charge in [0.15, 0.2) is 0 Å². The van der Waals surface area contributed by atoms with Gasteiger partial charge in [0.2, 0.25) is 17.4 Å². The van der Waals surface area contributed by atoms with Crippen LogP contribution < -0.4 is 16.0 Å². The number of morpholine rings is 2. The number of carbonyl (C=O) groups is 4. The van der Waals surface area contributed by atoms with Crippen molar-refractivity contribution in [2.45, 2.75) is 349 Å². The lowest BCUT2D eigenvalue weighted by Gasteiger charge is -2.44. The Morgan fingerprint density at radius 1 is 0.437 bits per heavy atom. The highest BCUT2D eigenvalue weighted by Crippen LogP contribution is 2.30. The zero-order valence-electron chi connectivity index (χ0n) is 99.2. The van der Waals surface area contributed by atoms with E-state index in [1.54, 1.807) is 16.7 Å². The second-order valence-corrected chi connectivity index (χ2v) is 53.2. The fourth-order valence-electron chi connectivity index (χ4n) is 18.0. The number of hydrogen-bond donors (Lipinski definition) is 3. The van der Waals surface area contributed by atoms with Crippen molar-refractivity contribution in [1.29, 1.82) is 0 Å². The predicted octanol–water partition coefficient (Wildman–Crippen LogP) is 15.9. The highest BCUT2D eigenvalue weighted by atomic mass is 32.2. The monoisotopic (exact) mass is 2030 g/mol. The number of piperidine rings is 4. The summed E-state index contributed by atoms with van der Waals surface area (Å²) in [6.07, 6.45) is 26.5. The molecule has 834 valence electrons. The molecule has 0 aromatic carbocycles. The summed E-state index contributed by atoms with van der Waals surface area (Å²) >= 11 is 1.68. The van der Waals surface area contributed by atoms with E-state index in [0.29, 0.717) is 89.6 Å². The van der Waals surface area contributed by atoms with Crippen molar-refractivity contribution in [1.82, 2.24) is 84.5 Å². The van der Waals surface area contributed by atoms with Gasteiger partial charge in [-0.05, 0) is 269 Å². The van der Waals surface area contributed by atoms with E-state index in [1.807, 2.05) is 41.1 Å². The van der Waals surface area contributed by atoms with Gasteiger partial charge in [0, 0.05) is 255 Å². The number of hydrogen-bond acceptors (Lipinski definition) is 25. The molecule has 0 radical (unpaired) electrons. The summed E-state index contributed by atoms with van der Waals surface area (Å²) < 4.78 is 25.9. The first-order chi connectivity index (χ1) is 65.9. The minimum absolute atomic E-state index is 0.105. The Morgan fingerprint density at radius 2 is 0.852 bits per heavy atom. The Hall–Kier alpha value is -3.52. The molecule has 0 unspecified atom stereocenters. The number of carbonyl (C=O) groups excluding carboxylic acids is 4. The van der Waals surface area contributed by atoms with Gasteiger partial charge in [0.25, 0.3) is 0 Å². The lowest BCUT2D eigenvalue weighted by Crippen LogP contribution is -2.54. The molecule has 0 aliphatic carbocycles. The Morgan fingerprint density at radius 3 is 1.27 bits per heavy atom. The maximum absolute atomic E-state index is 12.5. The molecule has 10 heterocycles. The van der Waals surface area contributed by atoms with Crippen LogP contribution in [0.15, 0.2) is 24.3 Å².